The van der Waals surface area contributed by atoms with Gasteiger partial charge in [-0.1, -0.05) is 82.6 Å². The first kappa shape index (κ1) is 46.7. The van der Waals surface area contributed by atoms with Gasteiger partial charge in [0.2, 0.25) is 0 Å². The molecule has 60 heavy (non-hydrogen) atoms. The fourth-order valence-corrected chi connectivity index (χ4v) is 13.8. The summed E-state index contributed by atoms with van der Waals surface area (Å²) in [5, 5.41) is 4.55. The first-order valence-electron chi connectivity index (χ1n) is 23.6. The van der Waals surface area contributed by atoms with Crippen LogP contribution < -0.4 is 25.4 Å². The molecule has 320 valence electrons. The number of allylic oxidation sites excluding steroid dienone is 2. The zero-order valence-electron chi connectivity index (χ0n) is 37.1. The van der Waals surface area contributed by atoms with Gasteiger partial charge in [-0.3, -0.25) is 0 Å². The van der Waals surface area contributed by atoms with Gasteiger partial charge in [0.1, 0.15) is 5.75 Å². The van der Waals surface area contributed by atoms with Gasteiger partial charge in [0.25, 0.3) is 0 Å². The molecule has 0 aliphatic carbocycles. The van der Waals surface area contributed by atoms with Crippen LogP contribution in [0.25, 0.3) is 11.1 Å². The number of benzene rings is 5. The van der Waals surface area contributed by atoms with Crippen LogP contribution >= 0.6 is 7.26 Å². The summed E-state index contributed by atoms with van der Waals surface area (Å²) in [7, 11) is -2.13. The summed E-state index contributed by atoms with van der Waals surface area (Å²) in [4.78, 5) is 0. The summed E-state index contributed by atoms with van der Waals surface area (Å²) < 4.78 is 13.1. The number of hydrogen-bond acceptors (Lipinski definition) is 2. The fraction of sp³-hybridized carbons (Fsp3) is 0.404. The molecule has 0 spiro atoms. The van der Waals surface area contributed by atoms with E-state index in [-0.39, 0.29) is 0 Å². The largest absolute Gasteiger partial charge is 0.0470 e. The Morgan fingerprint density at radius 2 is 0.767 bits per heavy atom. The molecule has 3 heteroatoms. The van der Waals surface area contributed by atoms with Crippen LogP contribution in [0.3, 0.4) is 0 Å². The fourth-order valence-electron chi connectivity index (χ4n) is 8.85. The van der Waals surface area contributed by atoms with Crippen molar-refractivity contribution in [1.82, 2.24) is 0 Å². The monoisotopic (exact) mass is 823 g/mol. The summed E-state index contributed by atoms with van der Waals surface area (Å²) in [5.74, 6) is 1.88. The summed E-state index contributed by atoms with van der Waals surface area (Å²) in [5.41, 5.74) is 4.70. The number of unbranched alkanes of at least 4 members (excludes halogenated alkanes) is 15. The standard InChI is InChI=1S/C57H75O2P/c1-4-7-8-9-10-11-14-17-29-44-58-56-42-40-49(32-5-2)47-54(56)55-48-50(33-6-3)41-43-57(55)59-45-30-18-15-12-13-16-19-31-46-60(51-34-23-20-24-35-51,52-36-25-21-26-37-52)53-38-27-22-28-39-53/h5-6,20-28,34-43,47-48,60H,2-4,7-19,29-33,44-46H2,1H3. The summed E-state index contributed by atoms with van der Waals surface area (Å²) in [6, 6.07) is 47.3. The summed E-state index contributed by atoms with van der Waals surface area (Å²) >= 11 is 0. The molecule has 0 radical (unpaired) electrons. The van der Waals surface area contributed by atoms with Crippen molar-refractivity contribution in [2.75, 3.05) is 19.4 Å². The molecule has 0 bridgehead atoms. The van der Waals surface area contributed by atoms with Crippen molar-refractivity contribution in [2.45, 2.75) is 129 Å². The maximum Gasteiger partial charge on any atom is -0.0470 e. The molecule has 0 saturated carbocycles. The van der Waals surface area contributed by atoms with E-state index in [0.717, 1.165) is 61.5 Å². The molecule has 2 nitrogen and oxygen atoms in total. The van der Waals surface area contributed by atoms with Crippen LogP contribution in [0.15, 0.2) is 153 Å². The maximum absolute atomic E-state index is 6.59. The van der Waals surface area contributed by atoms with E-state index in [9.17, 15) is 0 Å². The number of ether oxygens (including phenoxy) is 2. The second kappa shape index (κ2) is 27.5. The van der Waals surface area contributed by atoms with Crippen molar-refractivity contribution in [3.63, 3.8) is 0 Å². The predicted molar refractivity (Wildman–Crippen MR) is 266 cm³/mol. The van der Waals surface area contributed by atoms with E-state index < -0.39 is 7.26 Å². The minimum Gasteiger partial charge on any atom is -0.0470 e. The Morgan fingerprint density at radius 1 is 0.417 bits per heavy atom. The van der Waals surface area contributed by atoms with Crippen molar-refractivity contribution in [1.29, 1.82) is 0 Å². The Morgan fingerprint density at radius 3 is 1.13 bits per heavy atom. The van der Waals surface area contributed by atoms with Crippen LogP contribution in [0, 0.1) is 0 Å². The van der Waals surface area contributed by atoms with Crippen LogP contribution in [0.1, 0.15) is 127 Å². The number of rotatable bonds is 31. The molecule has 0 aliphatic heterocycles. The molecule has 5 rings (SSSR count). The molecule has 0 N–H and O–H groups in total. The zero-order chi connectivity index (χ0) is 41.9. The summed E-state index contributed by atoms with van der Waals surface area (Å²) in [6.45, 7) is 11.8. The third kappa shape index (κ3) is 14.7. The topological polar surface area (TPSA) is 18.5 Å². The van der Waals surface area contributed by atoms with E-state index in [0.29, 0.717) is 0 Å². The van der Waals surface area contributed by atoms with Crippen molar-refractivity contribution in [3.8, 4) is 22.6 Å². The van der Waals surface area contributed by atoms with E-state index in [1.54, 1.807) is 0 Å². The van der Waals surface area contributed by atoms with Gasteiger partial charge in [-0.25, -0.2) is 0 Å². The SMILES string of the molecule is C=CCc1ccc(OCCCCCCCCCCC)c(-c2cc(CC=C)ccc2OCCCCCCCCCC[PH](c2ccccc2)(c2ccccc2)c2ccccc2)c1. The Kier molecular flexibility index (Phi) is 21.4. The third-order valence-electron chi connectivity index (χ3n) is 12.1. The van der Waals surface area contributed by atoms with Crippen LogP contribution in [-0.4, -0.2) is 19.4 Å². The summed E-state index contributed by atoms with van der Waals surface area (Å²) in [6.07, 6.45) is 28.5. The van der Waals surface area contributed by atoms with Crippen LogP contribution in [0.2, 0.25) is 0 Å². The average molecular weight is 823 g/mol. The van der Waals surface area contributed by atoms with Crippen molar-refractivity contribution in [3.05, 3.63) is 164 Å². The first-order valence-corrected chi connectivity index (χ1v) is 25.8. The van der Waals surface area contributed by atoms with Gasteiger partial charge < -0.3 is 4.74 Å². The molecule has 0 aliphatic rings. The van der Waals surface area contributed by atoms with Gasteiger partial charge in [-0.05, 0) is 54.7 Å². The minimum absolute atomic E-state index is 0.722. The van der Waals surface area contributed by atoms with E-state index >= 15 is 0 Å². The van der Waals surface area contributed by atoms with Crippen LogP contribution in [0.4, 0.5) is 0 Å². The first-order chi connectivity index (χ1) is 29.7. The van der Waals surface area contributed by atoms with Crippen molar-refractivity contribution < 1.29 is 9.47 Å². The van der Waals surface area contributed by atoms with Gasteiger partial charge in [-0.15, -0.1) is 13.2 Å². The van der Waals surface area contributed by atoms with Crippen molar-refractivity contribution in [2.24, 2.45) is 0 Å². The Hall–Kier alpha value is -4.39. The Balaban J connectivity index is 1.10. The Bertz CT molecular complexity index is 1820. The number of hydrogen-bond donors (Lipinski definition) is 0. The van der Waals surface area contributed by atoms with Crippen LogP contribution in [-0.2, 0) is 12.8 Å². The molecule has 5 aromatic rings. The molecule has 5 aromatic carbocycles. The van der Waals surface area contributed by atoms with Crippen molar-refractivity contribution >= 4 is 23.2 Å². The second-order valence-corrected chi connectivity index (χ2v) is 20.8. The molecule has 0 saturated heterocycles. The molecule has 0 unspecified atom stereocenters. The molecule has 0 amide bonds. The molecular formula is C57H75O2P. The quantitative estimate of drug-likeness (QED) is 0.0252. The maximum atomic E-state index is 6.59. The Labute approximate surface area is 365 Å². The second-order valence-electron chi connectivity index (χ2n) is 16.8. The molecule has 0 aromatic heterocycles. The van der Waals surface area contributed by atoms with Gasteiger partial charge in [0, 0.05) is 11.1 Å². The smallest absolute Gasteiger partial charge is 0.0470 e. The predicted octanol–water partition coefficient (Wildman–Crippen LogP) is 14.9. The van der Waals surface area contributed by atoms with E-state index in [1.165, 1.54) is 130 Å². The zero-order valence-corrected chi connectivity index (χ0v) is 38.1. The van der Waals surface area contributed by atoms with Crippen LogP contribution in [0.5, 0.6) is 11.5 Å². The third-order valence-corrected chi connectivity index (χ3v) is 17.2. The van der Waals surface area contributed by atoms with Gasteiger partial charge in [-0.2, -0.15) is 0 Å². The van der Waals surface area contributed by atoms with Gasteiger partial charge >= 0.3 is 189 Å². The normalized spacial score (nSPS) is 11.6. The molecule has 0 fully saturated rings. The van der Waals surface area contributed by atoms with E-state index in [1.807, 2.05) is 12.2 Å². The van der Waals surface area contributed by atoms with Gasteiger partial charge in [0.15, 0.2) is 0 Å². The van der Waals surface area contributed by atoms with E-state index in [4.69, 9.17) is 9.47 Å². The molecule has 0 atom stereocenters. The van der Waals surface area contributed by atoms with Gasteiger partial charge in [0.05, 0.1) is 6.61 Å². The minimum atomic E-state index is -2.13. The molecular weight excluding hydrogens is 748 g/mol. The molecule has 0 heterocycles. The average Bonchev–Trinajstić information content (AvgIpc) is 3.29. The van der Waals surface area contributed by atoms with E-state index in [2.05, 4.69) is 147 Å².